The zero-order valence-corrected chi connectivity index (χ0v) is 12.5. The van der Waals surface area contributed by atoms with Crippen molar-refractivity contribution < 1.29 is 27.3 Å². The average Bonchev–Trinajstić information content (AvgIpc) is 2.55. The van der Waals surface area contributed by atoms with Crippen LogP contribution >= 0.6 is 0 Å². The maximum atomic E-state index is 13.6. The SMILES string of the molecule is CN(c1ccc(F)c(NC(=O)C(F)(F)F)c1)c1ccc([N+](=O)[O-])cn1. The molecule has 0 bridgehead atoms. The lowest BCUT2D eigenvalue weighted by atomic mass is 10.2. The van der Waals surface area contributed by atoms with Crippen molar-refractivity contribution in [3.8, 4) is 0 Å². The Morgan fingerprint density at radius 2 is 1.96 bits per heavy atom. The van der Waals surface area contributed by atoms with Crippen molar-refractivity contribution in [2.24, 2.45) is 0 Å². The molecule has 0 unspecified atom stereocenters. The summed E-state index contributed by atoms with van der Waals surface area (Å²) in [5, 5.41) is 12.0. The number of hydrogen-bond acceptors (Lipinski definition) is 5. The number of amides is 1. The zero-order valence-electron chi connectivity index (χ0n) is 12.5. The van der Waals surface area contributed by atoms with Crippen LogP contribution < -0.4 is 10.2 Å². The molecule has 11 heteroatoms. The van der Waals surface area contributed by atoms with Crippen LogP contribution in [0, 0.1) is 15.9 Å². The summed E-state index contributed by atoms with van der Waals surface area (Å²) in [6.07, 6.45) is -4.16. The van der Waals surface area contributed by atoms with Crippen LogP contribution in [0.25, 0.3) is 0 Å². The molecule has 0 aliphatic rings. The summed E-state index contributed by atoms with van der Waals surface area (Å²) in [5.74, 6) is -3.13. The summed E-state index contributed by atoms with van der Waals surface area (Å²) in [7, 11) is 1.47. The molecule has 0 saturated carbocycles. The Bertz CT molecular complexity index is 809. The van der Waals surface area contributed by atoms with Crippen LogP contribution in [-0.4, -0.2) is 29.0 Å². The van der Waals surface area contributed by atoms with Gasteiger partial charge in [0.2, 0.25) is 0 Å². The number of alkyl halides is 3. The second-order valence-electron chi connectivity index (χ2n) is 4.81. The highest BCUT2D eigenvalue weighted by molar-refractivity contribution is 5.95. The monoisotopic (exact) mass is 358 g/mol. The predicted octanol–water partition coefficient (Wildman–Crippen LogP) is 3.40. The molecule has 1 aromatic carbocycles. The molecule has 0 radical (unpaired) electrons. The van der Waals surface area contributed by atoms with Crippen LogP contribution in [0.1, 0.15) is 0 Å². The van der Waals surface area contributed by atoms with Gasteiger partial charge in [-0.05, 0) is 24.3 Å². The highest BCUT2D eigenvalue weighted by Crippen LogP contribution is 2.28. The Labute approximate surface area is 138 Å². The molecular formula is C14H10F4N4O3. The first kappa shape index (κ1) is 18.1. The van der Waals surface area contributed by atoms with Gasteiger partial charge in [-0.1, -0.05) is 0 Å². The van der Waals surface area contributed by atoms with E-state index < -0.39 is 28.5 Å². The molecule has 2 aromatic rings. The number of nitrogens with one attached hydrogen (secondary N) is 1. The van der Waals surface area contributed by atoms with Gasteiger partial charge < -0.3 is 10.2 Å². The van der Waals surface area contributed by atoms with Gasteiger partial charge in [0.25, 0.3) is 5.69 Å². The highest BCUT2D eigenvalue weighted by atomic mass is 19.4. The Morgan fingerprint density at radius 1 is 1.28 bits per heavy atom. The van der Waals surface area contributed by atoms with Crippen molar-refractivity contribution >= 4 is 28.8 Å². The smallest absolute Gasteiger partial charge is 0.329 e. The normalized spacial score (nSPS) is 11.1. The maximum absolute atomic E-state index is 13.6. The van der Waals surface area contributed by atoms with E-state index >= 15 is 0 Å². The molecule has 7 nitrogen and oxygen atoms in total. The van der Waals surface area contributed by atoms with Crippen molar-refractivity contribution in [3.05, 3.63) is 52.5 Å². The van der Waals surface area contributed by atoms with E-state index in [4.69, 9.17) is 0 Å². The van der Waals surface area contributed by atoms with Crippen molar-refractivity contribution in [2.75, 3.05) is 17.3 Å². The molecule has 25 heavy (non-hydrogen) atoms. The molecule has 0 atom stereocenters. The topological polar surface area (TPSA) is 88.4 Å². The first-order chi connectivity index (χ1) is 11.6. The number of nitrogens with zero attached hydrogens (tertiary/aromatic N) is 3. The van der Waals surface area contributed by atoms with Crippen molar-refractivity contribution in [1.29, 1.82) is 0 Å². The minimum absolute atomic E-state index is 0.209. The number of carbonyl (C=O) groups is 1. The van der Waals surface area contributed by atoms with Gasteiger partial charge in [-0.15, -0.1) is 0 Å². The Balaban J connectivity index is 2.28. The van der Waals surface area contributed by atoms with Gasteiger partial charge in [-0.25, -0.2) is 9.37 Å². The number of anilines is 3. The standard InChI is InChI=1S/C14H10F4N4O3/c1-21(12-5-3-9(7-19-12)22(24)25)8-2-4-10(15)11(6-8)20-13(23)14(16,17)18/h2-7H,1H3,(H,20,23). The van der Waals surface area contributed by atoms with Crippen LogP contribution in [-0.2, 0) is 4.79 Å². The predicted molar refractivity (Wildman–Crippen MR) is 80.0 cm³/mol. The number of pyridine rings is 1. The fourth-order valence-corrected chi connectivity index (χ4v) is 1.83. The molecule has 2 rings (SSSR count). The van der Waals surface area contributed by atoms with Gasteiger partial charge in [0.05, 0.1) is 10.6 Å². The molecule has 0 fully saturated rings. The third-order valence-electron chi connectivity index (χ3n) is 3.13. The zero-order chi connectivity index (χ0) is 18.8. The van der Waals surface area contributed by atoms with E-state index in [2.05, 4.69) is 4.98 Å². The molecule has 132 valence electrons. The lowest BCUT2D eigenvalue weighted by Gasteiger charge is -2.19. The molecule has 0 saturated heterocycles. The molecule has 0 aliphatic heterocycles. The van der Waals surface area contributed by atoms with Crippen LogP contribution in [0.4, 0.5) is 40.4 Å². The van der Waals surface area contributed by atoms with Gasteiger partial charge in [0.1, 0.15) is 17.8 Å². The average molecular weight is 358 g/mol. The molecule has 1 aromatic heterocycles. The number of halogens is 4. The van der Waals surface area contributed by atoms with E-state index in [-0.39, 0.29) is 17.2 Å². The largest absolute Gasteiger partial charge is 0.471 e. The lowest BCUT2D eigenvalue weighted by Crippen LogP contribution is -2.30. The van der Waals surface area contributed by atoms with E-state index in [0.717, 1.165) is 18.3 Å². The molecule has 0 aliphatic carbocycles. The highest BCUT2D eigenvalue weighted by Gasteiger charge is 2.39. The maximum Gasteiger partial charge on any atom is 0.471 e. The van der Waals surface area contributed by atoms with Crippen LogP contribution in [0.2, 0.25) is 0 Å². The minimum Gasteiger partial charge on any atom is -0.329 e. The summed E-state index contributed by atoms with van der Waals surface area (Å²) >= 11 is 0. The number of rotatable bonds is 4. The summed E-state index contributed by atoms with van der Waals surface area (Å²) in [6.45, 7) is 0. The third-order valence-corrected chi connectivity index (χ3v) is 3.13. The fourth-order valence-electron chi connectivity index (χ4n) is 1.83. The van der Waals surface area contributed by atoms with E-state index in [9.17, 15) is 32.5 Å². The Kier molecular flexibility index (Phi) is 4.86. The van der Waals surface area contributed by atoms with Gasteiger partial charge in [-0.2, -0.15) is 13.2 Å². The molecular weight excluding hydrogens is 348 g/mol. The second kappa shape index (κ2) is 6.71. The second-order valence-corrected chi connectivity index (χ2v) is 4.81. The minimum atomic E-state index is -5.16. The summed E-state index contributed by atoms with van der Waals surface area (Å²) in [4.78, 5) is 26.1. The quantitative estimate of drug-likeness (QED) is 0.514. The Morgan fingerprint density at radius 3 is 2.48 bits per heavy atom. The van der Waals surface area contributed by atoms with Crippen molar-refractivity contribution in [2.45, 2.75) is 6.18 Å². The lowest BCUT2D eigenvalue weighted by molar-refractivity contribution is -0.385. The third kappa shape index (κ3) is 4.19. The number of aromatic nitrogens is 1. The van der Waals surface area contributed by atoms with Crippen LogP contribution in [0.3, 0.4) is 0 Å². The van der Waals surface area contributed by atoms with Crippen LogP contribution in [0.5, 0.6) is 0 Å². The summed E-state index contributed by atoms with van der Waals surface area (Å²) in [5.41, 5.74) is -0.691. The summed E-state index contributed by atoms with van der Waals surface area (Å²) < 4.78 is 50.5. The number of carbonyl (C=O) groups excluding carboxylic acids is 1. The van der Waals surface area contributed by atoms with Gasteiger partial charge in [0.15, 0.2) is 0 Å². The van der Waals surface area contributed by atoms with Gasteiger partial charge >= 0.3 is 12.1 Å². The first-order valence-corrected chi connectivity index (χ1v) is 6.61. The number of nitro groups is 1. The summed E-state index contributed by atoms with van der Waals surface area (Å²) in [6, 6.07) is 5.62. The van der Waals surface area contributed by atoms with E-state index in [0.29, 0.717) is 0 Å². The van der Waals surface area contributed by atoms with Gasteiger partial charge in [-0.3, -0.25) is 14.9 Å². The van der Waals surface area contributed by atoms with Crippen molar-refractivity contribution in [3.63, 3.8) is 0 Å². The van der Waals surface area contributed by atoms with E-state index in [1.807, 2.05) is 0 Å². The fraction of sp³-hybridized carbons (Fsp3) is 0.143. The Hall–Kier alpha value is -3.24. The van der Waals surface area contributed by atoms with E-state index in [1.165, 1.54) is 35.5 Å². The molecule has 1 N–H and O–H groups in total. The first-order valence-electron chi connectivity index (χ1n) is 6.61. The molecule has 1 heterocycles. The number of benzene rings is 1. The van der Waals surface area contributed by atoms with Crippen molar-refractivity contribution in [1.82, 2.24) is 4.98 Å². The number of hydrogen-bond donors (Lipinski definition) is 1. The molecule has 1 amide bonds. The molecule has 0 spiro atoms. The van der Waals surface area contributed by atoms with Gasteiger partial charge in [0, 0.05) is 18.8 Å². The van der Waals surface area contributed by atoms with E-state index in [1.54, 1.807) is 0 Å². The van der Waals surface area contributed by atoms with Crippen LogP contribution in [0.15, 0.2) is 36.5 Å².